The maximum absolute atomic E-state index is 11.1. The van der Waals surface area contributed by atoms with Crippen molar-refractivity contribution in [2.45, 2.75) is 32.7 Å². The fraction of sp³-hybridized carbons (Fsp3) is 0.385. The van der Waals surface area contributed by atoms with Gasteiger partial charge in [-0.25, -0.2) is 0 Å². The number of fused-ring (bicyclic) bond motifs is 1. The molecule has 1 aromatic carbocycles. The van der Waals surface area contributed by atoms with Crippen LogP contribution >= 0.6 is 15.9 Å². The van der Waals surface area contributed by atoms with E-state index in [9.17, 15) is 9.59 Å². The number of carbonyl (C=O) groups is 2. The van der Waals surface area contributed by atoms with E-state index >= 15 is 0 Å². The highest BCUT2D eigenvalue weighted by atomic mass is 79.9. The lowest BCUT2D eigenvalue weighted by Crippen LogP contribution is -2.33. The third-order valence-corrected chi connectivity index (χ3v) is 3.60. The number of hydrogen-bond acceptors (Lipinski definition) is 2. The molecule has 1 aromatic rings. The molecule has 18 heavy (non-hydrogen) atoms. The van der Waals surface area contributed by atoms with Gasteiger partial charge < -0.3 is 10.6 Å². The molecular formula is C13H15BrN2O2. The average molecular weight is 311 g/mol. The van der Waals surface area contributed by atoms with E-state index in [1.807, 2.05) is 12.1 Å². The zero-order chi connectivity index (χ0) is 13.3. The molecule has 96 valence electrons. The number of rotatable bonds is 2. The SMILES string of the molecule is CC(=O)Nc1cc2c(cc1Br)CC(NC(C)=O)C2. The van der Waals surface area contributed by atoms with Gasteiger partial charge in [-0.2, -0.15) is 0 Å². The van der Waals surface area contributed by atoms with Gasteiger partial charge in [0, 0.05) is 24.4 Å². The summed E-state index contributed by atoms with van der Waals surface area (Å²) in [6, 6.07) is 4.15. The maximum atomic E-state index is 11.1. The summed E-state index contributed by atoms with van der Waals surface area (Å²) in [6.45, 7) is 3.02. The maximum Gasteiger partial charge on any atom is 0.221 e. The second-order valence-electron chi connectivity index (χ2n) is 4.59. The predicted octanol–water partition coefficient (Wildman–Crippen LogP) is 2.01. The number of benzene rings is 1. The van der Waals surface area contributed by atoms with Gasteiger partial charge in [0.2, 0.25) is 11.8 Å². The Bertz CT molecular complexity index is 514. The van der Waals surface area contributed by atoms with E-state index in [4.69, 9.17) is 0 Å². The van der Waals surface area contributed by atoms with Crippen LogP contribution in [0.2, 0.25) is 0 Å². The Labute approximate surface area is 114 Å². The second kappa shape index (κ2) is 5.10. The van der Waals surface area contributed by atoms with Crippen LogP contribution in [0.5, 0.6) is 0 Å². The molecule has 1 aliphatic carbocycles. The van der Waals surface area contributed by atoms with Crippen molar-refractivity contribution in [3.63, 3.8) is 0 Å². The van der Waals surface area contributed by atoms with Gasteiger partial charge in [-0.1, -0.05) is 0 Å². The van der Waals surface area contributed by atoms with Crippen LogP contribution in [-0.4, -0.2) is 17.9 Å². The zero-order valence-electron chi connectivity index (χ0n) is 10.3. The summed E-state index contributed by atoms with van der Waals surface area (Å²) in [4.78, 5) is 22.1. The molecule has 2 rings (SSSR count). The summed E-state index contributed by atoms with van der Waals surface area (Å²) in [7, 11) is 0. The van der Waals surface area contributed by atoms with Crippen LogP contribution in [0.4, 0.5) is 5.69 Å². The van der Waals surface area contributed by atoms with Crippen molar-refractivity contribution in [2.75, 3.05) is 5.32 Å². The molecule has 2 amide bonds. The summed E-state index contributed by atoms with van der Waals surface area (Å²) in [5, 5.41) is 5.71. The van der Waals surface area contributed by atoms with E-state index < -0.39 is 0 Å². The summed E-state index contributed by atoms with van der Waals surface area (Å²) in [6.07, 6.45) is 1.66. The monoisotopic (exact) mass is 310 g/mol. The first-order chi connectivity index (χ1) is 8.45. The minimum atomic E-state index is -0.0907. The molecule has 0 saturated carbocycles. The minimum absolute atomic E-state index is 0.00560. The summed E-state index contributed by atoms with van der Waals surface area (Å²) in [5.74, 6) is -0.0963. The van der Waals surface area contributed by atoms with Crippen molar-refractivity contribution in [1.29, 1.82) is 0 Å². The number of hydrogen-bond donors (Lipinski definition) is 2. The van der Waals surface area contributed by atoms with Gasteiger partial charge in [-0.3, -0.25) is 9.59 Å². The smallest absolute Gasteiger partial charge is 0.221 e. The highest BCUT2D eigenvalue weighted by molar-refractivity contribution is 9.10. The summed E-state index contributed by atoms with van der Waals surface area (Å²) < 4.78 is 0.875. The van der Waals surface area contributed by atoms with Crippen LogP contribution in [0.25, 0.3) is 0 Å². The van der Waals surface area contributed by atoms with Crippen LogP contribution < -0.4 is 10.6 Å². The van der Waals surface area contributed by atoms with E-state index in [2.05, 4.69) is 26.6 Å². The molecule has 0 saturated heterocycles. The first-order valence-electron chi connectivity index (χ1n) is 5.81. The third kappa shape index (κ3) is 2.90. The molecule has 0 aromatic heterocycles. The van der Waals surface area contributed by atoms with Crippen LogP contribution in [-0.2, 0) is 22.4 Å². The number of halogens is 1. The lowest BCUT2D eigenvalue weighted by Gasteiger charge is -2.08. The predicted molar refractivity (Wildman–Crippen MR) is 73.5 cm³/mol. The van der Waals surface area contributed by atoms with Crippen molar-refractivity contribution in [1.82, 2.24) is 5.32 Å². The molecule has 0 heterocycles. The molecule has 4 nitrogen and oxygen atoms in total. The fourth-order valence-corrected chi connectivity index (χ4v) is 2.81. The fourth-order valence-electron chi connectivity index (χ4n) is 2.32. The largest absolute Gasteiger partial charge is 0.353 e. The second-order valence-corrected chi connectivity index (χ2v) is 5.44. The van der Waals surface area contributed by atoms with Gasteiger partial charge in [0.25, 0.3) is 0 Å². The van der Waals surface area contributed by atoms with Crippen LogP contribution in [0.1, 0.15) is 25.0 Å². The molecule has 0 fully saturated rings. The Kier molecular flexibility index (Phi) is 3.71. The zero-order valence-corrected chi connectivity index (χ0v) is 11.9. The van der Waals surface area contributed by atoms with Crippen LogP contribution in [0.3, 0.4) is 0 Å². The highest BCUT2D eigenvalue weighted by Crippen LogP contribution is 2.31. The van der Waals surface area contributed by atoms with E-state index in [0.29, 0.717) is 0 Å². The van der Waals surface area contributed by atoms with Crippen molar-refractivity contribution in [2.24, 2.45) is 0 Å². The quantitative estimate of drug-likeness (QED) is 0.878. The van der Waals surface area contributed by atoms with E-state index in [-0.39, 0.29) is 17.9 Å². The number of anilines is 1. The Morgan fingerprint density at radius 3 is 2.33 bits per heavy atom. The number of carbonyl (C=O) groups excluding carboxylic acids is 2. The van der Waals surface area contributed by atoms with Gasteiger partial charge in [0.05, 0.1) is 5.69 Å². The summed E-state index contributed by atoms with van der Waals surface area (Å²) in [5.41, 5.74) is 3.18. The van der Waals surface area contributed by atoms with E-state index in [0.717, 1.165) is 23.0 Å². The van der Waals surface area contributed by atoms with Crippen molar-refractivity contribution in [3.8, 4) is 0 Å². The van der Waals surface area contributed by atoms with Gasteiger partial charge >= 0.3 is 0 Å². The molecule has 5 heteroatoms. The van der Waals surface area contributed by atoms with Crippen molar-refractivity contribution in [3.05, 3.63) is 27.7 Å². The molecule has 0 bridgehead atoms. The number of amides is 2. The van der Waals surface area contributed by atoms with Gasteiger partial charge in [-0.15, -0.1) is 0 Å². The Morgan fingerprint density at radius 2 is 1.78 bits per heavy atom. The molecule has 1 aliphatic rings. The van der Waals surface area contributed by atoms with Crippen LogP contribution in [0, 0.1) is 0 Å². The molecule has 2 N–H and O–H groups in total. The Hall–Kier alpha value is -1.36. The number of nitrogens with one attached hydrogen (secondary N) is 2. The standard InChI is InChI=1S/C13H15BrN2O2/c1-7(17)15-11-3-9-5-12(14)13(16-8(2)18)6-10(9)4-11/h5-6,11H,3-4H2,1-2H3,(H,15,17)(H,16,18). The Balaban J connectivity index is 2.20. The Morgan fingerprint density at radius 1 is 1.17 bits per heavy atom. The van der Waals surface area contributed by atoms with Crippen LogP contribution in [0.15, 0.2) is 16.6 Å². The van der Waals surface area contributed by atoms with Gasteiger partial charge in [0.1, 0.15) is 0 Å². The van der Waals surface area contributed by atoms with E-state index in [1.165, 1.54) is 25.0 Å². The highest BCUT2D eigenvalue weighted by Gasteiger charge is 2.23. The molecular weight excluding hydrogens is 296 g/mol. The topological polar surface area (TPSA) is 58.2 Å². The molecule has 0 radical (unpaired) electrons. The van der Waals surface area contributed by atoms with Crippen molar-refractivity contribution < 1.29 is 9.59 Å². The summed E-state index contributed by atoms with van der Waals surface area (Å²) >= 11 is 3.45. The van der Waals surface area contributed by atoms with E-state index in [1.54, 1.807) is 0 Å². The van der Waals surface area contributed by atoms with Gasteiger partial charge in [-0.05, 0) is 52.0 Å². The first-order valence-corrected chi connectivity index (χ1v) is 6.61. The third-order valence-electron chi connectivity index (χ3n) is 2.94. The molecule has 0 aliphatic heterocycles. The molecule has 1 atom stereocenters. The lowest BCUT2D eigenvalue weighted by atomic mass is 10.1. The average Bonchev–Trinajstić information content (AvgIpc) is 2.57. The minimum Gasteiger partial charge on any atom is -0.353 e. The molecule has 1 unspecified atom stereocenters. The molecule has 0 spiro atoms. The van der Waals surface area contributed by atoms with Gasteiger partial charge in [0.15, 0.2) is 0 Å². The normalized spacial score (nSPS) is 17.2. The van der Waals surface area contributed by atoms with Crippen molar-refractivity contribution >= 4 is 33.4 Å². The lowest BCUT2D eigenvalue weighted by molar-refractivity contribution is -0.119. The first kappa shape index (κ1) is 13.1.